The number of aliphatic hydroxyl groups excluding tert-OH is 4. The van der Waals surface area contributed by atoms with E-state index >= 15 is 0 Å². The normalized spacial score (nSPS) is 16.8. The summed E-state index contributed by atoms with van der Waals surface area (Å²) in [6, 6.07) is 0. The summed E-state index contributed by atoms with van der Waals surface area (Å²) in [6.07, 6.45) is 2.29. The van der Waals surface area contributed by atoms with Crippen LogP contribution in [0.1, 0.15) is 39.5 Å². The second-order valence-electron chi connectivity index (χ2n) is 6.12. The molecule has 0 aromatic carbocycles. The molecule has 0 bridgehead atoms. The number of unbranched alkanes of at least 4 members (excludes halogenated alkanes) is 1. The minimum Gasteiger partial charge on any atom is -0.394 e. The van der Waals surface area contributed by atoms with Crippen molar-refractivity contribution in [2.75, 3.05) is 46.2 Å². The average Bonchev–Trinajstić information content (AvgIpc) is 2.61. The van der Waals surface area contributed by atoms with Crippen molar-refractivity contribution in [2.24, 2.45) is 5.92 Å². The zero-order valence-electron chi connectivity index (χ0n) is 15.1. The van der Waals surface area contributed by atoms with Crippen LogP contribution < -0.4 is 0 Å². The molecule has 0 spiro atoms. The highest BCUT2D eigenvalue weighted by Gasteiger charge is 2.15. The molecule has 0 fully saturated rings. The van der Waals surface area contributed by atoms with E-state index in [4.69, 9.17) is 24.4 Å². The Kier molecular flexibility index (Phi) is 16.0. The zero-order valence-corrected chi connectivity index (χ0v) is 15.1. The maximum Gasteiger partial charge on any atom is 0.104 e. The predicted octanol–water partition coefficient (Wildman–Crippen LogP) is 0.328. The van der Waals surface area contributed by atoms with Gasteiger partial charge in [-0.2, -0.15) is 0 Å². The second kappa shape index (κ2) is 16.2. The molecule has 0 aromatic rings. The third-order valence-electron chi connectivity index (χ3n) is 3.76. The van der Waals surface area contributed by atoms with Gasteiger partial charge < -0.3 is 34.6 Å². The molecule has 7 nitrogen and oxygen atoms in total. The van der Waals surface area contributed by atoms with Gasteiger partial charge in [0.1, 0.15) is 18.3 Å². The molecule has 4 unspecified atom stereocenters. The summed E-state index contributed by atoms with van der Waals surface area (Å²) in [5.74, 6) is 0.519. The molecule has 0 aliphatic rings. The highest BCUT2D eigenvalue weighted by atomic mass is 16.6. The first kappa shape index (κ1) is 23.7. The van der Waals surface area contributed by atoms with Crippen molar-refractivity contribution in [3.05, 3.63) is 0 Å². The first-order chi connectivity index (χ1) is 11.6. The lowest BCUT2D eigenvalue weighted by atomic mass is 10.0. The van der Waals surface area contributed by atoms with Crippen molar-refractivity contribution in [3.8, 4) is 0 Å². The predicted molar refractivity (Wildman–Crippen MR) is 90.9 cm³/mol. The van der Waals surface area contributed by atoms with Crippen LogP contribution in [0.15, 0.2) is 0 Å². The van der Waals surface area contributed by atoms with Crippen LogP contribution in [-0.2, 0) is 14.2 Å². The van der Waals surface area contributed by atoms with Gasteiger partial charge in [0.15, 0.2) is 0 Å². The third-order valence-corrected chi connectivity index (χ3v) is 3.76. The SMILES string of the molecule is CCCCC(CC)COCC(COCC(O)CO)OCC(O)CO. The Labute approximate surface area is 145 Å². The van der Waals surface area contributed by atoms with Gasteiger partial charge in [-0.3, -0.25) is 0 Å². The molecule has 0 aliphatic heterocycles. The van der Waals surface area contributed by atoms with Gasteiger partial charge in [0.2, 0.25) is 0 Å². The summed E-state index contributed by atoms with van der Waals surface area (Å²) in [5, 5.41) is 36.2. The Morgan fingerprint density at radius 3 is 1.92 bits per heavy atom. The summed E-state index contributed by atoms with van der Waals surface area (Å²) in [4.78, 5) is 0. The summed E-state index contributed by atoms with van der Waals surface area (Å²) in [5.41, 5.74) is 0. The van der Waals surface area contributed by atoms with E-state index in [-0.39, 0.29) is 33.0 Å². The van der Waals surface area contributed by atoms with Crippen molar-refractivity contribution in [2.45, 2.75) is 57.8 Å². The number of aliphatic hydroxyl groups is 4. The molecule has 24 heavy (non-hydrogen) atoms. The Hall–Kier alpha value is -0.280. The van der Waals surface area contributed by atoms with E-state index < -0.39 is 18.3 Å². The lowest BCUT2D eigenvalue weighted by Gasteiger charge is -2.22. The summed E-state index contributed by atoms with van der Waals surface area (Å²) in [7, 11) is 0. The van der Waals surface area contributed by atoms with Crippen LogP contribution in [0.2, 0.25) is 0 Å². The highest BCUT2D eigenvalue weighted by molar-refractivity contribution is 4.62. The molecule has 0 radical (unpaired) electrons. The standard InChI is InChI=1S/C17H36O7/c1-3-5-6-14(4-2)9-22-12-17(24-11-16(21)8-19)13-23-10-15(20)7-18/h14-21H,3-13H2,1-2H3. The number of rotatable bonds is 17. The van der Waals surface area contributed by atoms with Crippen LogP contribution in [-0.4, -0.2) is 85.0 Å². The quantitative estimate of drug-likeness (QED) is 0.299. The molecule has 4 atom stereocenters. The minimum absolute atomic E-state index is 0.00694. The van der Waals surface area contributed by atoms with Gasteiger partial charge in [0.25, 0.3) is 0 Å². The molecule has 0 saturated heterocycles. The zero-order chi connectivity index (χ0) is 18.2. The average molecular weight is 352 g/mol. The van der Waals surface area contributed by atoms with E-state index in [1.54, 1.807) is 0 Å². The number of ether oxygens (including phenoxy) is 3. The van der Waals surface area contributed by atoms with Crippen LogP contribution in [0.3, 0.4) is 0 Å². The lowest BCUT2D eigenvalue weighted by Crippen LogP contribution is -2.32. The highest BCUT2D eigenvalue weighted by Crippen LogP contribution is 2.13. The lowest BCUT2D eigenvalue weighted by molar-refractivity contribution is -0.100. The van der Waals surface area contributed by atoms with Gasteiger partial charge in [-0.1, -0.05) is 33.1 Å². The Morgan fingerprint density at radius 2 is 1.38 bits per heavy atom. The fraction of sp³-hybridized carbons (Fsp3) is 1.00. The van der Waals surface area contributed by atoms with Crippen molar-refractivity contribution < 1.29 is 34.6 Å². The molecule has 4 N–H and O–H groups in total. The minimum atomic E-state index is -0.941. The molecule has 7 heteroatoms. The molecule has 0 amide bonds. The van der Waals surface area contributed by atoms with Crippen LogP contribution in [0.4, 0.5) is 0 Å². The molecule has 146 valence electrons. The Bertz CT molecular complexity index is 265. The van der Waals surface area contributed by atoms with E-state index in [0.717, 1.165) is 12.8 Å². The number of hydrogen-bond acceptors (Lipinski definition) is 7. The Morgan fingerprint density at radius 1 is 0.792 bits per heavy atom. The number of hydrogen-bond donors (Lipinski definition) is 4. The molecular weight excluding hydrogens is 316 g/mol. The first-order valence-electron chi connectivity index (χ1n) is 8.92. The van der Waals surface area contributed by atoms with Gasteiger partial charge in [-0.25, -0.2) is 0 Å². The molecule has 0 aliphatic carbocycles. The van der Waals surface area contributed by atoms with Crippen molar-refractivity contribution in [1.82, 2.24) is 0 Å². The summed E-state index contributed by atoms with van der Waals surface area (Å²) in [6.45, 7) is 4.73. The van der Waals surface area contributed by atoms with E-state index in [2.05, 4.69) is 13.8 Å². The molecule has 0 heterocycles. The Balaban J connectivity index is 4.15. The molecule has 0 aromatic heterocycles. The second-order valence-corrected chi connectivity index (χ2v) is 6.12. The fourth-order valence-corrected chi connectivity index (χ4v) is 2.10. The van der Waals surface area contributed by atoms with Gasteiger partial charge >= 0.3 is 0 Å². The summed E-state index contributed by atoms with van der Waals surface area (Å²) >= 11 is 0. The van der Waals surface area contributed by atoms with E-state index in [1.807, 2.05) is 0 Å². The maximum atomic E-state index is 9.38. The molecular formula is C17H36O7. The van der Waals surface area contributed by atoms with E-state index in [1.165, 1.54) is 12.8 Å². The van der Waals surface area contributed by atoms with Crippen LogP contribution in [0.25, 0.3) is 0 Å². The van der Waals surface area contributed by atoms with Crippen molar-refractivity contribution in [3.63, 3.8) is 0 Å². The van der Waals surface area contributed by atoms with Crippen molar-refractivity contribution in [1.29, 1.82) is 0 Å². The monoisotopic (exact) mass is 352 g/mol. The smallest absolute Gasteiger partial charge is 0.104 e. The van der Waals surface area contributed by atoms with Gasteiger partial charge in [0, 0.05) is 6.61 Å². The third kappa shape index (κ3) is 13.1. The van der Waals surface area contributed by atoms with Crippen LogP contribution >= 0.6 is 0 Å². The maximum absolute atomic E-state index is 9.38. The topological polar surface area (TPSA) is 109 Å². The van der Waals surface area contributed by atoms with E-state index in [9.17, 15) is 10.2 Å². The van der Waals surface area contributed by atoms with E-state index in [0.29, 0.717) is 19.1 Å². The van der Waals surface area contributed by atoms with Gasteiger partial charge in [-0.15, -0.1) is 0 Å². The summed E-state index contributed by atoms with van der Waals surface area (Å²) < 4.78 is 16.5. The first-order valence-corrected chi connectivity index (χ1v) is 8.92. The van der Waals surface area contributed by atoms with Crippen molar-refractivity contribution >= 4 is 0 Å². The van der Waals surface area contributed by atoms with Crippen LogP contribution in [0, 0.1) is 5.92 Å². The molecule has 0 saturated carbocycles. The molecule has 0 rings (SSSR count). The van der Waals surface area contributed by atoms with Gasteiger partial charge in [-0.05, 0) is 12.3 Å². The largest absolute Gasteiger partial charge is 0.394 e. The van der Waals surface area contributed by atoms with Gasteiger partial charge in [0.05, 0.1) is 39.6 Å². The fourth-order valence-electron chi connectivity index (χ4n) is 2.10. The van der Waals surface area contributed by atoms with Crippen LogP contribution in [0.5, 0.6) is 0 Å².